The summed E-state index contributed by atoms with van der Waals surface area (Å²) in [5.41, 5.74) is 2.76. The molecule has 0 radical (unpaired) electrons. The van der Waals surface area contributed by atoms with Crippen LogP contribution in [-0.4, -0.2) is 17.4 Å². The van der Waals surface area contributed by atoms with Crippen LogP contribution in [0.15, 0.2) is 67.1 Å². The molecule has 0 fully saturated rings. The van der Waals surface area contributed by atoms with E-state index in [1.807, 2.05) is 26.4 Å². The van der Waals surface area contributed by atoms with Crippen LogP contribution in [0.5, 0.6) is 0 Å². The van der Waals surface area contributed by atoms with Gasteiger partial charge in [-0.15, -0.1) is 0 Å². The van der Waals surface area contributed by atoms with Crippen molar-refractivity contribution in [1.82, 2.24) is 9.55 Å². The molecule has 5 heteroatoms. The summed E-state index contributed by atoms with van der Waals surface area (Å²) in [5.74, 6) is -0.666. The third-order valence-corrected chi connectivity index (χ3v) is 5.91. The molecular weight excluding hydrogens is 425 g/mol. The zero-order valence-corrected chi connectivity index (χ0v) is 21.1. The molecule has 1 aromatic heterocycles. The number of halogens is 2. The minimum atomic E-state index is -0.333. The number of hydrogen-bond acceptors (Lipinski definition) is 1. The molecule has 0 saturated heterocycles. The summed E-state index contributed by atoms with van der Waals surface area (Å²) in [7, 11) is 1.95. The van der Waals surface area contributed by atoms with Crippen LogP contribution in [0.3, 0.4) is 0 Å². The largest absolute Gasteiger partial charge is 0.335 e. The standard InChI is InChI=1S/C15H13BF2.C14H26N2/c16-10-9-11(12-5-1-3-7-14(12)17)13-6-2-4-8-15(13)18;1-3-4-5-6-7-8-9-10-11-16-13-15-12-14(16)2/h1-9H,10,16H2;12-13H,3-11H2,1-2H3. The molecule has 3 aromatic rings. The lowest BCUT2D eigenvalue weighted by Gasteiger charge is -2.10. The van der Waals surface area contributed by atoms with Crippen LogP contribution in [-0.2, 0) is 6.54 Å². The van der Waals surface area contributed by atoms with Gasteiger partial charge >= 0.3 is 0 Å². The van der Waals surface area contributed by atoms with E-state index in [2.05, 4.69) is 23.4 Å². The zero-order chi connectivity index (χ0) is 24.6. The quantitative estimate of drug-likeness (QED) is 0.198. The smallest absolute Gasteiger partial charge is 0.131 e. The number of imidazole rings is 1. The maximum Gasteiger partial charge on any atom is 0.131 e. The number of rotatable bonds is 12. The molecule has 0 unspecified atom stereocenters. The van der Waals surface area contributed by atoms with E-state index in [1.165, 1.54) is 69.2 Å². The molecule has 0 N–H and O–H groups in total. The van der Waals surface area contributed by atoms with Gasteiger partial charge in [-0.25, -0.2) is 13.8 Å². The predicted molar refractivity (Wildman–Crippen MR) is 143 cm³/mol. The van der Waals surface area contributed by atoms with E-state index in [0.717, 1.165) is 12.9 Å². The molecule has 182 valence electrons. The van der Waals surface area contributed by atoms with Crippen molar-refractivity contribution in [2.75, 3.05) is 0 Å². The Morgan fingerprint density at radius 1 is 0.853 bits per heavy atom. The first kappa shape index (κ1) is 27.6. The molecule has 0 aliphatic carbocycles. The molecule has 0 atom stereocenters. The van der Waals surface area contributed by atoms with Gasteiger partial charge in [0.15, 0.2) is 0 Å². The fourth-order valence-corrected chi connectivity index (χ4v) is 3.97. The molecule has 0 amide bonds. The van der Waals surface area contributed by atoms with Crippen molar-refractivity contribution in [2.45, 2.75) is 78.1 Å². The van der Waals surface area contributed by atoms with Gasteiger partial charge in [-0.2, -0.15) is 0 Å². The van der Waals surface area contributed by atoms with Gasteiger partial charge in [0.1, 0.15) is 19.5 Å². The summed E-state index contributed by atoms with van der Waals surface area (Å²) in [6.45, 7) is 5.53. The van der Waals surface area contributed by atoms with Gasteiger partial charge in [0, 0.05) is 29.6 Å². The molecule has 0 spiro atoms. The van der Waals surface area contributed by atoms with E-state index in [1.54, 1.807) is 36.4 Å². The van der Waals surface area contributed by atoms with Gasteiger partial charge < -0.3 is 4.57 Å². The highest BCUT2D eigenvalue weighted by molar-refractivity contribution is 6.10. The van der Waals surface area contributed by atoms with Crippen molar-refractivity contribution in [3.05, 3.63) is 95.6 Å². The molecule has 2 nitrogen and oxygen atoms in total. The van der Waals surface area contributed by atoms with Crippen molar-refractivity contribution >= 4 is 13.4 Å². The van der Waals surface area contributed by atoms with E-state index in [0.29, 0.717) is 16.7 Å². The van der Waals surface area contributed by atoms with Crippen LogP contribution in [0.2, 0.25) is 6.32 Å². The molecule has 0 aliphatic rings. The third kappa shape index (κ3) is 9.28. The summed E-state index contributed by atoms with van der Waals surface area (Å²) in [6.07, 6.45) is 17.5. The van der Waals surface area contributed by atoms with Crippen molar-refractivity contribution in [2.24, 2.45) is 0 Å². The van der Waals surface area contributed by atoms with Gasteiger partial charge in [0.2, 0.25) is 0 Å². The van der Waals surface area contributed by atoms with Crippen molar-refractivity contribution in [1.29, 1.82) is 0 Å². The van der Waals surface area contributed by atoms with Gasteiger partial charge in [-0.1, -0.05) is 101 Å². The lowest BCUT2D eigenvalue weighted by atomic mass is 9.92. The third-order valence-electron chi connectivity index (χ3n) is 5.91. The highest BCUT2D eigenvalue weighted by atomic mass is 19.1. The molecule has 34 heavy (non-hydrogen) atoms. The Balaban J connectivity index is 0.000000242. The first-order valence-electron chi connectivity index (χ1n) is 12.7. The van der Waals surface area contributed by atoms with Crippen LogP contribution < -0.4 is 0 Å². The van der Waals surface area contributed by atoms with Gasteiger partial charge in [0.25, 0.3) is 0 Å². The Morgan fingerprint density at radius 2 is 1.38 bits per heavy atom. The van der Waals surface area contributed by atoms with E-state index in [-0.39, 0.29) is 11.6 Å². The summed E-state index contributed by atoms with van der Waals surface area (Å²) in [4.78, 5) is 4.13. The van der Waals surface area contributed by atoms with E-state index < -0.39 is 0 Å². The Hall–Kier alpha value is -2.69. The Morgan fingerprint density at radius 3 is 1.85 bits per heavy atom. The number of hydrogen-bond donors (Lipinski definition) is 0. The highest BCUT2D eigenvalue weighted by Gasteiger charge is 2.12. The minimum absolute atomic E-state index is 0.333. The lowest BCUT2D eigenvalue weighted by molar-refractivity contribution is 0.540. The van der Waals surface area contributed by atoms with Gasteiger partial charge in [-0.3, -0.25) is 0 Å². The van der Waals surface area contributed by atoms with E-state index in [4.69, 9.17) is 0 Å². The highest BCUT2D eigenvalue weighted by Crippen LogP contribution is 2.27. The fourth-order valence-electron chi connectivity index (χ4n) is 3.97. The summed E-state index contributed by atoms with van der Waals surface area (Å²) >= 11 is 0. The topological polar surface area (TPSA) is 17.8 Å². The lowest BCUT2D eigenvalue weighted by Crippen LogP contribution is -1.98. The fraction of sp³-hybridized carbons (Fsp3) is 0.414. The Bertz CT molecular complexity index is 950. The predicted octanol–water partition coefficient (Wildman–Crippen LogP) is 7.78. The summed E-state index contributed by atoms with van der Waals surface area (Å²) in [5, 5.41) is 0. The van der Waals surface area contributed by atoms with Crippen LogP contribution in [0.25, 0.3) is 5.57 Å². The number of unbranched alkanes of at least 4 members (excludes halogenated alkanes) is 7. The molecule has 1 heterocycles. The van der Waals surface area contributed by atoms with Crippen molar-refractivity contribution < 1.29 is 8.78 Å². The second kappa shape index (κ2) is 16.0. The summed E-state index contributed by atoms with van der Waals surface area (Å²) in [6, 6.07) is 12.9. The monoisotopic (exact) mass is 464 g/mol. The van der Waals surface area contributed by atoms with Crippen LogP contribution >= 0.6 is 0 Å². The van der Waals surface area contributed by atoms with E-state index >= 15 is 0 Å². The maximum atomic E-state index is 13.8. The van der Waals surface area contributed by atoms with Crippen molar-refractivity contribution in [3.63, 3.8) is 0 Å². The maximum absolute atomic E-state index is 13.8. The first-order chi connectivity index (χ1) is 16.6. The van der Waals surface area contributed by atoms with Gasteiger partial charge in [0.05, 0.1) is 6.33 Å². The van der Waals surface area contributed by atoms with E-state index in [9.17, 15) is 8.78 Å². The Kier molecular flexibility index (Phi) is 13.0. The molecule has 0 bridgehead atoms. The van der Waals surface area contributed by atoms with Crippen molar-refractivity contribution in [3.8, 4) is 0 Å². The molecule has 2 aromatic carbocycles. The number of allylic oxidation sites excluding steroid dienone is 1. The van der Waals surface area contributed by atoms with Crippen LogP contribution in [0.1, 0.15) is 75.1 Å². The molecule has 3 rings (SSSR count). The first-order valence-corrected chi connectivity index (χ1v) is 12.7. The number of nitrogens with zero attached hydrogens (tertiary/aromatic N) is 2. The number of aromatic nitrogens is 2. The Labute approximate surface area is 205 Å². The van der Waals surface area contributed by atoms with Crippen LogP contribution in [0.4, 0.5) is 8.78 Å². The second-order valence-corrected chi connectivity index (χ2v) is 8.69. The number of benzene rings is 2. The average molecular weight is 464 g/mol. The molecule has 0 aliphatic heterocycles. The average Bonchev–Trinajstić information content (AvgIpc) is 3.25. The zero-order valence-electron chi connectivity index (χ0n) is 21.1. The van der Waals surface area contributed by atoms with Crippen LogP contribution in [0, 0.1) is 18.6 Å². The summed E-state index contributed by atoms with van der Waals surface area (Å²) < 4.78 is 29.9. The molecule has 0 saturated carbocycles. The SMILES string of the molecule is BCC=C(c1ccccc1F)c1ccccc1F.CCCCCCCCCCn1cncc1C. The normalized spacial score (nSPS) is 10.5. The molecular formula is C29H39BF2N2. The second-order valence-electron chi connectivity index (χ2n) is 8.69. The minimum Gasteiger partial charge on any atom is -0.335 e. The number of aryl methyl sites for hydroxylation is 2. The van der Waals surface area contributed by atoms with Gasteiger partial charge in [-0.05, 0) is 31.1 Å².